The Balaban J connectivity index is 1.60. The van der Waals surface area contributed by atoms with Crippen LogP contribution in [0, 0.1) is 0 Å². The second-order valence-corrected chi connectivity index (χ2v) is 5.72. The van der Waals surface area contributed by atoms with Crippen LogP contribution in [0.25, 0.3) is 11.5 Å². The lowest BCUT2D eigenvalue weighted by molar-refractivity contribution is 0.0920. The Morgan fingerprint density at radius 2 is 2.04 bits per heavy atom. The Kier molecular flexibility index (Phi) is 5.30. The number of nitrogens with zero attached hydrogens (tertiary/aromatic N) is 2. The van der Waals surface area contributed by atoms with E-state index in [9.17, 15) is 4.79 Å². The number of carbonyl (C=O) groups is 1. The monoisotopic (exact) mass is 357 g/mol. The topological polar surface area (TPSA) is 77.2 Å². The lowest BCUT2D eigenvalue weighted by Crippen LogP contribution is -2.26. The highest BCUT2D eigenvalue weighted by Crippen LogP contribution is 2.22. The van der Waals surface area contributed by atoms with E-state index in [0.29, 0.717) is 29.3 Å². The number of hydrogen-bond acceptors (Lipinski definition) is 5. The molecule has 0 unspecified atom stereocenters. The van der Waals surface area contributed by atoms with Gasteiger partial charge in [0, 0.05) is 17.1 Å². The maximum absolute atomic E-state index is 12.1. The number of methoxy groups -OCH3 is 1. The molecule has 0 spiro atoms. The van der Waals surface area contributed by atoms with Crippen molar-refractivity contribution in [3.8, 4) is 17.2 Å². The molecule has 1 aromatic heterocycles. The van der Waals surface area contributed by atoms with Crippen molar-refractivity contribution in [3.05, 3.63) is 65.0 Å². The number of halogens is 1. The highest BCUT2D eigenvalue weighted by molar-refractivity contribution is 6.30. The van der Waals surface area contributed by atoms with E-state index in [4.69, 9.17) is 20.8 Å². The molecule has 1 N–H and O–H groups in total. The molecule has 0 saturated heterocycles. The summed E-state index contributed by atoms with van der Waals surface area (Å²) in [6.07, 6.45) is 0.656. The largest absolute Gasteiger partial charge is 0.497 e. The summed E-state index contributed by atoms with van der Waals surface area (Å²) in [5, 5.41) is 11.1. The molecule has 1 amide bonds. The van der Waals surface area contributed by atoms with Gasteiger partial charge < -0.3 is 14.5 Å². The summed E-state index contributed by atoms with van der Waals surface area (Å²) >= 11 is 5.94. The molecule has 0 saturated carbocycles. The lowest BCUT2D eigenvalue weighted by Gasteiger charge is -2.03. The number of ether oxygens (including phenoxy) is 1. The number of carbonyl (C=O) groups excluding carboxylic acids is 1. The minimum atomic E-state index is -0.413. The maximum atomic E-state index is 12.1. The zero-order valence-corrected chi connectivity index (χ0v) is 14.3. The van der Waals surface area contributed by atoms with Crippen LogP contribution in [-0.4, -0.2) is 29.8 Å². The molecule has 6 nitrogen and oxygen atoms in total. The number of hydrogen-bond donors (Lipinski definition) is 1. The van der Waals surface area contributed by atoms with Gasteiger partial charge in [0.2, 0.25) is 5.89 Å². The number of rotatable bonds is 6. The van der Waals surface area contributed by atoms with Gasteiger partial charge in [-0.1, -0.05) is 29.8 Å². The van der Waals surface area contributed by atoms with Crippen molar-refractivity contribution >= 4 is 17.5 Å². The van der Waals surface area contributed by atoms with Crippen molar-refractivity contribution in [2.24, 2.45) is 0 Å². The van der Waals surface area contributed by atoms with Gasteiger partial charge in [0.25, 0.3) is 0 Å². The van der Waals surface area contributed by atoms with Crippen LogP contribution in [0.2, 0.25) is 5.02 Å². The molecule has 25 heavy (non-hydrogen) atoms. The van der Waals surface area contributed by atoms with Crippen molar-refractivity contribution < 1.29 is 13.9 Å². The number of nitrogens with one attached hydrogen (secondary N) is 1. The first kappa shape index (κ1) is 17.0. The fourth-order valence-corrected chi connectivity index (χ4v) is 2.49. The first-order valence-corrected chi connectivity index (χ1v) is 8.04. The van der Waals surface area contributed by atoms with Crippen LogP contribution in [0.3, 0.4) is 0 Å². The average molecular weight is 358 g/mol. The molecular weight excluding hydrogens is 342 g/mol. The standard InChI is InChI=1S/C18H16ClN3O3/c1-24-15-7-3-5-13(11-15)17-21-22-18(25-17)16(23)20-9-8-12-4-2-6-14(19)10-12/h2-7,10-11H,8-9H2,1H3,(H,20,23). The summed E-state index contributed by atoms with van der Waals surface area (Å²) in [6, 6.07) is 14.7. The summed E-state index contributed by atoms with van der Waals surface area (Å²) in [6.45, 7) is 0.441. The van der Waals surface area contributed by atoms with Crippen LogP contribution in [-0.2, 0) is 6.42 Å². The van der Waals surface area contributed by atoms with Crippen molar-refractivity contribution in [2.45, 2.75) is 6.42 Å². The second kappa shape index (κ2) is 7.81. The fourth-order valence-electron chi connectivity index (χ4n) is 2.28. The van der Waals surface area contributed by atoms with Gasteiger partial charge in [-0.15, -0.1) is 10.2 Å². The molecule has 0 aliphatic carbocycles. The van der Waals surface area contributed by atoms with E-state index in [1.54, 1.807) is 19.2 Å². The van der Waals surface area contributed by atoms with Gasteiger partial charge >= 0.3 is 11.8 Å². The van der Waals surface area contributed by atoms with E-state index in [2.05, 4.69) is 15.5 Å². The molecule has 1 heterocycles. The van der Waals surface area contributed by atoms with Gasteiger partial charge in [0.05, 0.1) is 7.11 Å². The molecule has 7 heteroatoms. The lowest BCUT2D eigenvalue weighted by atomic mass is 10.1. The molecule has 0 atom stereocenters. The first-order valence-electron chi connectivity index (χ1n) is 7.66. The Bertz CT molecular complexity index is 879. The first-order chi connectivity index (χ1) is 12.2. The fraction of sp³-hybridized carbons (Fsp3) is 0.167. The zero-order chi connectivity index (χ0) is 17.6. The summed E-state index contributed by atoms with van der Waals surface area (Å²) in [5.41, 5.74) is 1.72. The third-order valence-corrected chi connectivity index (χ3v) is 3.76. The summed E-state index contributed by atoms with van der Waals surface area (Å²) < 4.78 is 10.6. The van der Waals surface area contributed by atoms with Gasteiger partial charge in [-0.25, -0.2) is 0 Å². The molecule has 3 aromatic rings. The molecule has 0 aliphatic rings. The summed E-state index contributed by atoms with van der Waals surface area (Å²) in [7, 11) is 1.58. The van der Waals surface area contributed by atoms with Gasteiger partial charge in [0.15, 0.2) is 0 Å². The quantitative estimate of drug-likeness (QED) is 0.731. The van der Waals surface area contributed by atoms with Gasteiger partial charge in [-0.05, 0) is 42.3 Å². The van der Waals surface area contributed by atoms with Crippen LogP contribution in [0.5, 0.6) is 5.75 Å². The molecular formula is C18H16ClN3O3. The van der Waals surface area contributed by atoms with Crippen LogP contribution in [0.4, 0.5) is 0 Å². The van der Waals surface area contributed by atoms with Gasteiger partial charge in [-0.3, -0.25) is 4.79 Å². The van der Waals surface area contributed by atoms with Crippen molar-refractivity contribution in [1.29, 1.82) is 0 Å². The predicted octanol–water partition coefficient (Wildman–Crippen LogP) is 3.37. The van der Waals surface area contributed by atoms with Crippen LogP contribution in [0.15, 0.2) is 52.9 Å². The van der Waals surface area contributed by atoms with Gasteiger partial charge in [0.1, 0.15) is 5.75 Å². The van der Waals surface area contributed by atoms with Crippen LogP contribution < -0.4 is 10.1 Å². The summed E-state index contributed by atoms with van der Waals surface area (Å²) in [4.78, 5) is 12.1. The minimum Gasteiger partial charge on any atom is -0.497 e. The van der Waals surface area contributed by atoms with Crippen molar-refractivity contribution in [1.82, 2.24) is 15.5 Å². The molecule has 128 valence electrons. The van der Waals surface area contributed by atoms with E-state index in [0.717, 1.165) is 5.56 Å². The average Bonchev–Trinajstić information content (AvgIpc) is 3.12. The Hall–Kier alpha value is -2.86. The smallest absolute Gasteiger partial charge is 0.308 e. The zero-order valence-electron chi connectivity index (χ0n) is 13.5. The number of amides is 1. The third kappa shape index (κ3) is 4.36. The van der Waals surface area contributed by atoms with Crippen molar-refractivity contribution in [2.75, 3.05) is 13.7 Å². The molecule has 0 bridgehead atoms. The Labute approximate surface area is 149 Å². The van der Waals surface area contributed by atoms with E-state index < -0.39 is 5.91 Å². The predicted molar refractivity (Wildman–Crippen MR) is 93.8 cm³/mol. The Morgan fingerprint density at radius 3 is 2.84 bits per heavy atom. The number of benzene rings is 2. The normalized spacial score (nSPS) is 10.5. The van der Waals surface area contributed by atoms with Crippen molar-refractivity contribution in [3.63, 3.8) is 0 Å². The molecule has 2 aromatic carbocycles. The molecule has 0 fully saturated rings. The summed E-state index contributed by atoms with van der Waals surface area (Å²) in [5.74, 6) is 0.440. The number of aromatic nitrogens is 2. The van der Waals surface area contributed by atoms with E-state index in [-0.39, 0.29) is 11.8 Å². The highest BCUT2D eigenvalue weighted by Gasteiger charge is 2.15. The van der Waals surface area contributed by atoms with E-state index >= 15 is 0 Å². The van der Waals surface area contributed by atoms with E-state index in [1.165, 1.54) is 0 Å². The molecule has 3 rings (SSSR count). The SMILES string of the molecule is COc1cccc(-c2nnc(C(=O)NCCc3cccc(Cl)c3)o2)c1. The third-order valence-electron chi connectivity index (χ3n) is 3.52. The second-order valence-electron chi connectivity index (χ2n) is 5.28. The molecule has 0 radical (unpaired) electrons. The van der Waals surface area contributed by atoms with Gasteiger partial charge in [-0.2, -0.15) is 0 Å². The van der Waals surface area contributed by atoms with Crippen LogP contribution >= 0.6 is 11.6 Å². The van der Waals surface area contributed by atoms with E-state index in [1.807, 2.05) is 36.4 Å². The highest BCUT2D eigenvalue weighted by atomic mass is 35.5. The molecule has 0 aliphatic heterocycles. The Morgan fingerprint density at radius 1 is 1.20 bits per heavy atom. The minimum absolute atomic E-state index is 0.0797. The van der Waals surface area contributed by atoms with Crippen LogP contribution in [0.1, 0.15) is 16.2 Å². The maximum Gasteiger partial charge on any atom is 0.308 e.